The van der Waals surface area contributed by atoms with Crippen LogP contribution < -0.4 is 0 Å². The SMILES string of the molecule is COC(=O)c1sc(C2CCC(C(C)C)CC2)nc1C. The smallest absolute Gasteiger partial charge is 0.349 e. The molecule has 0 bridgehead atoms. The molecular weight excluding hydrogens is 258 g/mol. The molecular formula is C15H23NO2S. The van der Waals surface area contributed by atoms with Crippen molar-refractivity contribution in [2.45, 2.75) is 52.4 Å². The van der Waals surface area contributed by atoms with Crippen LogP contribution in [-0.2, 0) is 4.74 Å². The highest BCUT2D eigenvalue weighted by atomic mass is 32.1. The van der Waals surface area contributed by atoms with Crippen LogP contribution in [-0.4, -0.2) is 18.1 Å². The third-order valence-corrected chi connectivity index (χ3v) is 5.55. The van der Waals surface area contributed by atoms with Crippen LogP contribution in [0.25, 0.3) is 0 Å². The second-order valence-electron chi connectivity index (χ2n) is 5.81. The van der Waals surface area contributed by atoms with Crippen molar-refractivity contribution in [1.82, 2.24) is 4.98 Å². The Morgan fingerprint density at radius 3 is 2.47 bits per heavy atom. The summed E-state index contributed by atoms with van der Waals surface area (Å²) in [5.41, 5.74) is 0.817. The fourth-order valence-corrected chi connectivity index (χ4v) is 4.06. The minimum atomic E-state index is -0.253. The summed E-state index contributed by atoms with van der Waals surface area (Å²) in [6.45, 7) is 6.52. The maximum absolute atomic E-state index is 11.6. The van der Waals surface area contributed by atoms with Crippen molar-refractivity contribution in [3.05, 3.63) is 15.6 Å². The van der Waals surface area contributed by atoms with Crippen LogP contribution in [0.15, 0.2) is 0 Å². The van der Waals surface area contributed by atoms with Gasteiger partial charge in [0.1, 0.15) is 4.88 Å². The summed E-state index contributed by atoms with van der Waals surface area (Å²) in [5.74, 6) is 1.93. The van der Waals surface area contributed by atoms with Crippen LogP contribution in [0.2, 0.25) is 0 Å². The highest BCUT2D eigenvalue weighted by Gasteiger charge is 2.27. The lowest BCUT2D eigenvalue weighted by molar-refractivity contribution is 0.0605. The summed E-state index contributed by atoms with van der Waals surface area (Å²) in [7, 11) is 1.43. The summed E-state index contributed by atoms with van der Waals surface area (Å²) in [4.78, 5) is 16.9. The highest BCUT2D eigenvalue weighted by molar-refractivity contribution is 7.13. The van der Waals surface area contributed by atoms with E-state index in [1.165, 1.54) is 44.1 Å². The van der Waals surface area contributed by atoms with E-state index in [1.807, 2.05) is 6.92 Å². The van der Waals surface area contributed by atoms with Crippen molar-refractivity contribution in [2.75, 3.05) is 7.11 Å². The Morgan fingerprint density at radius 1 is 1.32 bits per heavy atom. The third-order valence-electron chi connectivity index (χ3n) is 4.25. The van der Waals surface area contributed by atoms with Gasteiger partial charge in [-0.3, -0.25) is 0 Å². The zero-order valence-corrected chi connectivity index (χ0v) is 13.0. The van der Waals surface area contributed by atoms with E-state index in [9.17, 15) is 4.79 Å². The molecule has 0 unspecified atom stereocenters. The number of rotatable bonds is 3. The first-order valence-corrected chi connectivity index (χ1v) is 7.90. The van der Waals surface area contributed by atoms with E-state index in [0.29, 0.717) is 10.8 Å². The summed E-state index contributed by atoms with van der Waals surface area (Å²) in [6.07, 6.45) is 4.98. The van der Waals surface area contributed by atoms with E-state index in [0.717, 1.165) is 22.5 Å². The topological polar surface area (TPSA) is 39.2 Å². The normalized spacial score (nSPS) is 23.6. The zero-order valence-electron chi connectivity index (χ0n) is 12.2. The van der Waals surface area contributed by atoms with Gasteiger partial charge >= 0.3 is 5.97 Å². The number of ether oxygens (including phenoxy) is 1. The van der Waals surface area contributed by atoms with E-state index >= 15 is 0 Å². The van der Waals surface area contributed by atoms with Gasteiger partial charge in [0.25, 0.3) is 0 Å². The summed E-state index contributed by atoms with van der Waals surface area (Å²) in [6, 6.07) is 0. The van der Waals surface area contributed by atoms with Crippen molar-refractivity contribution in [3.8, 4) is 0 Å². The lowest BCUT2D eigenvalue weighted by Gasteiger charge is -2.29. The maximum atomic E-state index is 11.6. The van der Waals surface area contributed by atoms with E-state index in [4.69, 9.17) is 4.74 Å². The molecule has 0 aromatic carbocycles. The van der Waals surface area contributed by atoms with Gasteiger partial charge in [0.2, 0.25) is 0 Å². The molecule has 0 radical (unpaired) electrons. The average Bonchev–Trinajstić information content (AvgIpc) is 2.80. The second-order valence-corrected chi connectivity index (χ2v) is 6.84. The lowest BCUT2D eigenvalue weighted by atomic mass is 9.77. The van der Waals surface area contributed by atoms with Crippen molar-refractivity contribution >= 4 is 17.3 Å². The molecule has 2 rings (SSSR count). The molecule has 0 saturated heterocycles. The molecule has 0 aliphatic heterocycles. The summed E-state index contributed by atoms with van der Waals surface area (Å²) < 4.78 is 4.80. The number of thiazole rings is 1. The van der Waals surface area contributed by atoms with Gasteiger partial charge in [0, 0.05) is 5.92 Å². The Morgan fingerprint density at radius 2 is 1.95 bits per heavy atom. The van der Waals surface area contributed by atoms with Gasteiger partial charge in [-0.2, -0.15) is 0 Å². The molecule has 0 amide bonds. The molecule has 3 nitrogen and oxygen atoms in total. The largest absolute Gasteiger partial charge is 0.465 e. The molecule has 1 aromatic heterocycles. The Hall–Kier alpha value is -0.900. The van der Waals surface area contributed by atoms with Gasteiger partial charge in [-0.15, -0.1) is 11.3 Å². The predicted molar refractivity (Wildman–Crippen MR) is 77.7 cm³/mol. The number of nitrogens with zero attached hydrogens (tertiary/aromatic N) is 1. The van der Waals surface area contributed by atoms with E-state index in [1.54, 1.807) is 0 Å². The number of esters is 1. The molecule has 1 aliphatic rings. The highest BCUT2D eigenvalue weighted by Crippen LogP contribution is 2.40. The standard InChI is InChI=1S/C15H23NO2S/c1-9(2)11-5-7-12(8-6-11)14-16-10(3)13(19-14)15(17)18-4/h9,11-12H,5-8H2,1-4H3. The lowest BCUT2D eigenvalue weighted by Crippen LogP contribution is -2.17. The molecule has 1 heterocycles. The van der Waals surface area contributed by atoms with Crippen molar-refractivity contribution in [3.63, 3.8) is 0 Å². The minimum absolute atomic E-state index is 0.253. The summed E-state index contributed by atoms with van der Waals surface area (Å²) in [5, 5.41) is 1.13. The number of hydrogen-bond donors (Lipinski definition) is 0. The number of carbonyl (C=O) groups is 1. The van der Waals surface area contributed by atoms with Crippen LogP contribution >= 0.6 is 11.3 Å². The average molecular weight is 281 g/mol. The third kappa shape index (κ3) is 3.16. The fraction of sp³-hybridized carbons (Fsp3) is 0.733. The van der Waals surface area contributed by atoms with Crippen LogP contribution in [0, 0.1) is 18.8 Å². The zero-order chi connectivity index (χ0) is 14.0. The Bertz CT molecular complexity index is 445. The predicted octanol–water partition coefficient (Wildman–Crippen LogP) is 4.17. The van der Waals surface area contributed by atoms with E-state index in [-0.39, 0.29) is 5.97 Å². The van der Waals surface area contributed by atoms with E-state index < -0.39 is 0 Å². The molecule has 1 aliphatic carbocycles. The van der Waals surface area contributed by atoms with Crippen molar-refractivity contribution in [2.24, 2.45) is 11.8 Å². The number of aryl methyl sites for hydroxylation is 1. The number of methoxy groups -OCH3 is 1. The number of hydrogen-bond acceptors (Lipinski definition) is 4. The van der Waals surface area contributed by atoms with Crippen molar-refractivity contribution in [1.29, 1.82) is 0 Å². The first-order valence-electron chi connectivity index (χ1n) is 7.08. The van der Waals surface area contributed by atoms with Gasteiger partial charge in [-0.1, -0.05) is 13.8 Å². The number of aromatic nitrogens is 1. The minimum Gasteiger partial charge on any atom is -0.465 e. The Balaban J connectivity index is 2.06. The monoisotopic (exact) mass is 281 g/mol. The summed E-state index contributed by atoms with van der Waals surface area (Å²) >= 11 is 1.52. The molecule has 0 spiro atoms. The molecule has 4 heteroatoms. The molecule has 19 heavy (non-hydrogen) atoms. The second kappa shape index (κ2) is 6.04. The Kier molecular flexibility index (Phi) is 4.61. The molecule has 0 atom stereocenters. The molecule has 106 valence electrons. The van der Waals surface area contributed by atoms with Crippen LogP contribution in [0.4, 0.5) is 0 Å². The van der Waals surface area contributed by atoms with E-state index in [2.05, 4.69) is 18.8 Å². The number of carbonyl (C=O) groups excluding carboxylic acids is 1. The molecule has 0 N–H and O–H groups in total. The fourth-order valence-electron chi connectivity index (χ4n) is 2.91. The van der Waals surface area contributed by atoms with Crippen LogP contribution in [0.5, 0.6) is 0 Å². The first kappa shape index (κ1) is 14.5. The molecule has 1 aromatic rings. The Labute approximate surface area is 119 Å². The maximum Gasteiger partial charge on any atom is 0.349 e. The van der Waals surface area contributed by atoms with Crippen LogP contribution in [0.1, 0.15) is 65.8 Å². The quantitative estimate of drug-likeness (QED) is 0.781. The first-order chi connectivity index (χ1) is 9.02. The molecule has 1 saturated carbocycles. The molecule has 1 fully saturated rings. The van der Waals surface area contributed by atoms with Gasteiger partial charge < -0.3 is 4.74 Å². The van der Waals surface area contributed by atoms with Gasteiger partial charge in [0.05, 0.1) is 17.8 Å². The van der Waals surface area contributed by atoms with Gasteiger partial charge in [-0.25, -0.2) is 9.78 Å². The van der Waals surface area contributed by atoms with Crippen LogP contribution in [0.3, 0.4) is 0 Å². The van der Waals surface area contributed by atoms with Crippen molar-refractivity contribution < 1.29 is 9.53 Å². The van der Waals surface area contributed by atoms with Gasteiger partial charge in [0.15, 0.2) is 0 Å². The van der Waals surface area contributed by atoms with Gasteiger partial charge in [-0.05, 0) is 44.4 Å².